The van der Waals surface area contributed by atoms with Gasteiger partial charge in [-0.15, -0.1) is 0 Å². The van der Waals surface area contributed by atoms with Gasteiger partial charge in [-0.3, -0.25) is 4.57 Å². The van der Waals surface area contributed by atoms with Crippen LogP contribution >= 0.6 is 0 Å². The number of nitrogens with zero attached hydrogens (tertiary/aromatic N) is 3. The van der Waals surface area contributed by atoms with Crippen LogP contribution in [0.3, 0.4) is 0 Å². The second-order valence-electron chi connectivity index (χ2n) is 13.1. The molecule has 2 aliphatic rings. The summed E-state index contributed by atoms with van der Waals surface area (Å²) in [5, 5.41) is 1.28. The molecule has 2 aromatic heterocycles. The number of hydrogen-bond acceptors (Lipinski definition) is 2. The van der Waals surface area contributed by atoms with Crippen LogP contribution < -0.4 is 0 Å². The second kappa shape index (κ2) is 10.3. The van der Waals surface area contributed by atoms with Crippen LogP contribution in [0, 0.1) is 0 Å². The molecule has 0 spiro atoms. The van der Waals surface area contributed by atoms with E-state index in [2.05, 4.69) is 152 Å². The third-order valence-corrected chi connectivity index (χ3v) is 10.2. The first-order valence-corrected chi connectivity index (χ1v) is 16.1. The largest absolute Gasteiger partial charge is 0.278 e. The second-order valence-corrected chi connectivity index (χ2v) is 13.1. The summed E-state index contributed by atoms with van der Waals surface area (Å²) in [6.45, 7) is 4.74. The van der Waals surface area contributed by atoms with Crippen molar-refractivity contribution in [1.82, 2.24) is 14.5 Å². The molecule has 0 N–H and O–H groups in total. The van der Waals surface area contributed by atoms with Crippen LogP contribution in [0.5, 0.6) is 0 Å². The van der Waals surface area contributed by atoms with Gasteiger partial charge in [0.25, 0.3) is 0 Å². The SMILES string of the molecule is CC1(C)C2=Cc3c(c4ccccc4n3-c3nccc(-c4cccc(-c5ccc(-c6ccccc6)cc5)c4)n3)CC2c2ccccc21. The number of aromatic nitrogens is 3. The molecule has 7 aromatic rings. The molecule has 220 valence electrons. The fourth-order valence-corrected chi connectivity index (χ4v) is 7.85. The van der Waals surface area contributed by atoms with Gasteiger partial charge in [0.05, 0.1) is 16.9 Å². The van der Waals surface area contributed by atoms with Gasteiger partial charge in [0.2, 0.25) is 5.95 Å². The molecule has 3 heteroatoms. The zero-order chi connectivity index (χ0) is 30.8. The summed E-state index contributed by atoms with van der Waals surface area (Å²) >= 11 is 0. The summed E-state index contributed by atoms with van der Waals surface area (Å²) < 4.78 is 2.28. The highest BCUT2D eigenvalue weighted by Crippen LogP contribution is 2.55. The molecule has 9 rings (SSSR count). The van der Waals surface area contributed by atoms with E-state index in [9.17, 15) is 0 Å². The van der Waals surface area contributed by atoms with Gasteiger partial charge in [-0.1, -0.05) is 135 Å². The summed E-state index contributed by atoms with van der Waals surface area (Å²) in [7, 11) is 0. The summed E-state index contributed by atoms with van der Waals surface area (Å²) in [5.41, 5.74) is 14.9. The first-order valence-electron chi connectivity index (χ1n) is 16.1. The first-order chi connectivity index (χ1) is 22.6. The number of rotatable bonds is 4. The maximum absolute atomic E-state index is 5.22. The summed E-state index contributed by atoms with van der Waals surface area (Å²) in [6.07, 6.45) is 5.33. The molecule has 2 aliphatic carbocycles. The monoisotopic (exact) mass is 591 g/mol. The van der Waals surface area contributed by atoms with E-state index in [0.29, 0.717) is 11.9 Å². The Hall–Kier alpha value is -5.54. The molecule has 0 radical (unpaired) electrons. The van der Waals surface area contributed by atoms with Gasteiger partial charge < -0.3 is 0 Å². The highest BCUT2D eigenvalue weighted by atomic mass is 15.2. The maximum Gasteiger partial charge on any atom is 0.235 e. The summed E-state index contributed by atoms with van der Waals surface area (Å²) in [5.74, 6) is 1.10. The Morgan fingerprint density at radius 1 is 0.652 bits per heavy atom. The molecule has 1 unspecified atom stereocenters. The average Bonchev–Trinajstić information content (AvgIpc) is 3.56. The van der Waals surface area contributed by atoms with E-state index in [1.165, 1.54) is 55.6 Å². The van der Waals surface area contributed by atoms with Gasteiger partial charge in [0, 0.05) is 28.5 Å². The van der Waals surface area contributed by atoms with Gasteiger partial charge in [0.1, 0.15) is 0 Å². The van der Waals surface area contributed by atoms with Crippen molar-refractivity contribution < 1.29 is 0 Å². The highest BCUT2D eigenvalue weighted by molar-refractivity contribution is 5.92. The van der Waals surface area contributed by atoms with Crippen molar-refractivity contribution in [2.24, 2.45) is 0 Å². The van der Waals surface area contributed by atoms with Gasteiger partial charge >= 0.3 is 0 Å². The van der Waals surface area contributed by atoms with E-state index in [-0.39, 0.29) is 5.41 Å². The predicted octanol–water partition coefficient (Wildman–Crippen LogP) is 10.4. The molecular weight excluding hydrogens is 558 g/mol. The molecule has 0 fully saturated rings. The topological polar surface area (TPSA) is 30.7 Å². The lowest BCUT2D eigenvalue weighted by atomic mass is 9.76. The van der Waals surface area contributed by atoms with Crippen molar-refractivity contribution in [3.05, 3.63) is 168 Å². The first kappa shape index (κ1) is 26.8. The van der Waals surface area contributed by atoms with Gasteiger partial charge in [0.15, 0.2) is 0 Å². The van der Waals surface area contributed by atoms with Crippen molar-refractivity contribution in [1.29, 1.82) is 0 Å². The van der Waals surface area contributed by atoms with E-state index in [1.807, 2.05) is 12.3 Å². The van der Waals surface area contributed by atoms with Crippen LogP contribution in [-0.2, 0) is 11.8 Å². The lowest BCUT2D eigenvalue weighted by Crippen LogP contribution is -2.20. The molecule has 46 heavy (non-hydrogen) atoms. The van der Waals surface area contributed by atoms with Crippen molar-refractivity contribution in [3.63, 3.8) is 0 Å². The molecular formula is C43H33N3. The molecule has 0 saturated heterocycles. The third kappa shape index (κ3) is 4.12. The van der Waals surface area contributed by atoms with E-state index >= 15 is 0 Å². The molecule has 1 atom stereocenters. The molecule has 2 heterocycles. The van der Waals surface area contributed by atoms with Gasteiger partial charge in [-0.05, 0) is 69.6 Å². The lowest BCUT2D eigenvalue weighted by Gasteiger charge is -2.28. The van der Waals surface area contributed by atoms with Gasteiger partial charge in [-0.2, -0.15) is 0 Å². The van der Waals surface area contributed by atoms with Crippen molar-refractivity contribution in [2.75, 3.05) is 0 Å². The van der Waals surface area contributed by atoms with Gasteiger partial charge in [-0.25, -0.2) is 9.97 Å². The Morgan fingerprint density at radius 3 is 2.17 bits per heavy atom. The van der Waals surface area contributed by atoms with Crippen LogP contribution in [0.4, 0.5) is 0 Å². The van der Waals surface area contributed by atoms with Crippen LogP contribution in [0.2, 0.25) is 0 Å². The zero-order valence-corrected chi connectivity index (χ0v) is 26.0. The Labute approximate surface area is 269 Å². The fourth-order valence-electron chi connectivity index (χ4n) is 7.85. The number of fused-ring (bicyclic) bond motifs is 6. The maximum atomic E-state index is 5.22. The number of benzene rings is 5. The highest BCUT2D eigenvalue weighted by Gasteiger charge is 2.44. The predicted molar refractivity (Wildman–Crippen MR) is 189 cm³/mol. The normalized spacial score (nSPS) is 16.0. The minimum Gasteiger partial charge on any atom is -0.278 e. The quantitative estimate of drug-likeness (QED) is 0.204. The minimum atomic E-state index is -0.0251. The van der Waals surface area contributed by atoms with Crippen LogP contribution in [0.25, 0.3) is 56.4 Å². The summed E-state index contributed by atoms with van der Waals surface area (Å²) in [6, 6.07) is 47.7. The number of allylic oxidation sites excluding steroid dienone is 1. The Balaban J connectivity index is 1.13. The smallest absolute Gasteiger partial charge is 0.235 e. The van der Waals surface area contributed by atoms with Crippen molar-refractivity contribution >= 4 is 17.0 Å². The molecule has 0 aliphatic heterocycles. The Bertz CT molecular complexity index is 2310. The number of para-hydroxylation sites is 1. The molecule has 0 amide bonds. The third-order valence-electron chi connectivity index (χ3n) is 10.2. The van der Waals surface area contributed by atoms with Crippen molar-refractivity contribution in [3.8, 4) is 39.5 Å². The fraction of sp³-hybridized carbons (Fsp3) is 0.116. The molecule has 3 nitrogen and oxygen atoms in total. The number of hydrogen-bond donors (Lipinski definition) is 0. The van der Waals surface area contributed by atoms with Crippen LogP contribution in [0.15, 0.2) is 145 Å². The molecule has 0 bridgehead atoms. The van der Waals surface area contributed by atoms with E-state index < -0.39 is 0 Å². The summed E-state index contributed by atoms with van der Waals surface area (Å²) in [4.78, 5) is 10.1. The van der Waals surface area contributed by atoms with Crippen LogP contribution in [-0.4, -0.2) is 14.5 Å². The Morgan fingerprint density at radius 2 is 1.33 bits per heavy atom. The molecule has 0 saturated carbocycles. The van der Waals surface area contributed by atoms with Crippen LogP contribution in [0.1, 0.15) is 42.1 Å². The van der Waals surface area contributed by atoms with E-state index in [4.69, 9.17) is 9.97 Å². The Kier molecular flexibility index (Phi) is 5.98. The van der Waals surface area contributed by atoms with E-state index in [0.717, 1.165) is 23.2 Å². The lowest BCUT2D eigenvalue weighted by molar-refractivity contribution is 0.613. The van der Waals surface area contributed by atoms with Crippen molar-refractivity contribution in [2.45, 2.75) is 31.6 Å². The average molecular weight is 592 g/mol. The zero-order valence-electron chi connectivity index (χ0n) is 26.0. The minimum absolute atomic E-state index is 0.0251. The standard InChI is InChI=1S/C43H33N3/c1-43(2)37-17-8-6-15-33(37)35-26-36-34-16-7-9-18-40(34)46(41(36)27-38(35)43)42-44-24-23-39(45-42)32-14-10-13-31(25-32)30-21-19-29(20-22-30)28-11-4-3-5-12-28/h3-25,27,35H,26H2,1-2H3. The van der Waals surface area contributed by atoms with E-state index in [1.54, 1.807) is 0 Å². The molecule has 5 aromatic carbocycles.